The van der Waals surface area contributed by atoms with E-state index < -0.39 is 16.2 Å². The van der Waals surface area contributed by atoms with Gasteiger partial charge in [-0.1, -0.05) is 534 Å². The van der Waals surface area contributed by atoms with Gasteiger partial charge in [0.2, 0.25) is 0 Å². The summed E-state index contributed by atoms with van der Waals surface area (Å²) in [6.07, 6.45) is 0. The van der Waals surface area contributed by atoms with E-state index in [9.17, 15) is 0 Å². The van der Waals surface area contributed by atoms with Crippen molar-refractivity contribution in [2.75, 3.05) is 0 Å². The Morgan fingerprint density at radius 2 is 0.231 bits per heavy atom. The van der Waals surface area contributed by atoms with Gasteiger partial charge in [-0.15, -0.1) is 0 Å². The van der Waals surface area contributed by atoms with Gasteiger partial charge in [0, 0.05) is 0 Å². The first-order valence-corrected chi connectivity index (χ1v) is 50.0. The van der Waals surface area contributed by atoms with E-state index in [1.165, 1.54) is 264 Å². The van der Waals surface area contributed by atoms with Crippen LogP contribution < -0.4 is 0 Å². The van der Waals surface area contributed by atoms with Gasteiger partial charge >= 0.3 is 0 Å². The average Bonchev–Trinajstić information content (AvgIpc) is 1.65. The maximum absolute atomic E-state index is 2.53. The minimum absolute atomic E-state index is 0.511. The summed E-state index contributed by atoms with van der Waals surface area (Å²) in [5, 5.41) is 20.0. The molecule has 0 bridgehead atoms. The largest absolute Gasteiger partial charge is 0.0713 e. The molecule has 0 heterocycles. The molecule has 0 unspecified atom stereocenters. The van der Waals surface area contributed by atoms with Crippen LogP contribution in [0, 0.1) is 0 Å². The fourth-order valence-corrected chi connectivity index (χ4v) is 26.1. The number of hydrogen-bond acceptors (Lipinski definition) is 0. The molecule has 0 atom stereocenters. The van der Waals surface area contributed by atoms with Crippen LogP contribution in [0.4, 0.5) is 0 Å². The van der Waals surface area contributed by atoms with Crippen LogP contribution in [0.25, 0.3) is 197 Å². The van der Waals surface area contributed by atoms with Gasteiger partial charge in [-0.2, -0.15) is 0 Å². The summed E-state index contributed by atoms with van der Waals surface area (Å²) in [4.78, 5) is 0. The minimum atomic E-state index is -0.607. The molecule has 29 rings (SSSR count). The molecule has 0 saturated heterocycles. The fraction of sp³-hybridized carbons (Fsp3) is 0.0210. The summed E-state index contributed by atoms with van der Waals surface area (Å²) >= 11 is 0. The molecule has 0 heteroatoms. The maximum atomic E-state index is 2.53. The second kappa shape index (κ2) is 33.6. The summed E-state index contributed by atoms with van der Waals surface area (Å²) < 4.78 is 0. The van der Waals surface area contributed by atoms with Crippen molar-refractivity contribution in [3.8, 4) is 111 Å². The lowest BCUT2D eigenvalue weighted by Crippen LogP contribution is -2.28. The Morgan fingerprint density at radius 3 is 0.427 bits per heavy atom. The van der Waals surface area contributed by atoms with Crippen molar-refractivity contribution in [2.45, 2.75) is 16.2 Å². The lowest BCUT2D eigenvalue weighted by Gasteiger charge is -2.34. The van der Waals surface area contributed by atoms with Crippen LogP contribution in [0.15, 0.2) is 558 Å². The molecule has 0 fully saturated rings. The van der Waals surface area contributed by atoms with E-state index in [4.69, 9.17) is 0 Å². The van der Waals surface area contributed by atoms with Crippen molar-refractivity contribution in [1.82, 2.24) is 0 Å². The highest BCUT2D eigenvalue weighted by molar-refractivity contribution is 6.31. The fourth-order valence-electron chi connectivity index (χ4n) is 26.1. The first kappa shape index (κ1) is 83.0. The Kier molecular flexibility index (Phi) is 19.5. The van der Waals surface area contributed by atoms with Gasteiger partial charge in [0.1, 0.15) is 0 Å². The van der Waals surface area contributed by atoms with Crippen LogP contribution in [-0.4, -0.2) is 0 Å². The van der Waals surface area contributed by atoms with E-state index in [1.807, 2.05) is 0 Å². The molecule has 3 aliphatic rings. The smallest absolute Gasteiger partial charge is 0.0622 e. The van der Waals surface area contributed by atoms with Crippen molar-refractivity contribution in [1.29, 1.82) is 0 Å². The van der Waals surface area contributed by atoms with Gasteiger partial charge in [0.05, 0.1) is 16.2 Å². The molecule has 143 heavy (non-hydrogen) atoms. The molecule has 0 nitrogen and oxygen atoms in total. The Morgan fingerprint density at radius 1 is 0.0909 bits per heavy atom. The van der Waals surface area contributed by atoms with Gasteiger partial charge in [-0.25, -0.2) is 0 Å². The third-order valence-electron chi connectivity index (χ3n) is 31.7. The zero-order valence-electron chi connectivity index (χ0n) is 78.6. The molecule has 0 radical (unpaired) electrons. The number of hydrogen-bond donors (Lipinski definition) is 0. The molecule has 26 aromatic carbocycles. The first-order valence-electron chi connectivity index (χ1n) is 50.0. The zero-order chi connectivity index (χ0) is 94.3. The van der Waals surface area contributed by atoms with E-state index in [-0.39, 0.29) is 0 Å². The van der Waals surface area contributed by atoms with Crippen LogP contribution in [0.1, 0.15) is 66.8 Å². The molecule has 26 aromatic rings. The molecule has 0 saturated carbocycles. The lowest BCUT2D eigenvalue weighted by atomic mass is 9.67. The van der Waals surface area contributed by atoms with Crippen molar-refractivity contribution < 1.29 is 0 Å². The standard InChI is InChI=1S/C78H50.C65H42/c1-5-25-53(26-6-1)77(54-27-7-2-8-28-54)69-43-23-21-33-57(69)59-47-45-51(49-71(59)77)73-61-35-13-17-39-65(61)75(66-40-18-14-36-62(66)73)76-67-41-19-15-37-63(67)74(64-38-16-20-42-68(64)76)52-46-48-60-58-34-22-24-44-70(58)78(72(60)50-52,55-29-9-3-10-30-55)56-31-11-4-12-32-56;1-5-21-43(22-6-1)61-51-29-13-17-33-55(51)63(56-34-18-14-30-52(56)61)45-37-39-49-50-40-38-46(42-60(50)65(59(49)41-45,47-25-9-3-10-26-47)48-27-11-4-12-28-48)64-57-35-19-15-31-53(57)62(44-23-7-2-8-24-44)54-32-16-20-36-58(54)64/h1-50H;1-42H. The SMILES string of the molecule is c1ccc(-c2c3ccccc3c(-c3ccc4c(c3)C(c3ccccc3)(c3ccccc3)c3cc(-c5c6ccccc6c(-c6ccccc6)c6ccccc56)ccc3-4)c3ccccc23)cc1.c1ccc(C2(c3ccccc3)c3ccccc3-c3ccc(-c4c5ccccc5c(-c5c6ccccc6c(-c6ccc7c(c6)C(c6ccccc6)(c6ccccc6)c6ccccc6-7)c6ccccc56)c5ccccc45)cc32)cc1. The van der Waals surface area contributed by atoms with Gasteiger partial charge in [0.25, 0.3) is 0 Å². The molecular weight excluding hydrogens is 1720 g/mol. The normalized spacial score (nSPS) is 13.2. The van der Waals surface area contributed by atoms with Gasteiger partial charge < -0.3 is 0 Å². The summed E-state index contributed by atoms with van der Waals surface area (Å²) in [5.41, 5.74) is 38.9. The molecule has 3 aliphatic carbocycles. The van der Waals surface area contributed by atoms with Gasteiger partial charge in [0.15, 0.2) is 0 Å². The highest BCUT2D eigenvalue weighted by atomic mass is 14.5. The third kappa shape index (κ3) is 12.5. The second-order valence-corrected chi connectivity index (χ2v) is 38.7. The minimum Gasteiger partial charge on any atom is -0.0622 e. The summed E-state index contributed by atoms with van der Waals surface area (Å²) in [6.45, 7) is 0. The van der Waals surface area contributed by atoms with Crippen molar-refractivity contribution in [2.24, 2.45) is 0 Å². The third-order valence-corrected chi connectivity index (χ3v) is 31.7. The summed E-state index contributed by atoms with van der Waals surface area (Å²) in [5.74, 6) is 0. The predicted molar refractivity (Wildman–Crippen MR) is 603 cm³/mol. The highest BCUT2D eigenvalue weighted by Gasteiger charge is 2.50. The molecule has 664 valence electrons. The van der Waals surface area contributed by atoms with E-state index in [2.05, 4.69) is 558 Å². The number of rotatable bonds is 13. The van der Waals surface area contributed by atoms with Gasteiger partial charge in [-0.3, -0.25) is 0 Å². The van der Waals surface area contributed by atoms with Crippen molar-refractivity contribution in [3.05, 3.63) is 625 Å². The molecular formula is C143H92. The Balaban J connectivity index is 0.000000142. The topological polar surface area (TPSA) is 0 Å². The first-order chi connectivity index (χ1) is 71.0. The Bertz CT molecular complexity index is 8740. The highest BCUT2D eigenvalue weighted by Crippen LogP contribution is 2.64. The molecule has 0 aromatic heterocycles. The van der Waals surface area contributed by atoms with E-state index in [0.717, 1.165) is 0 Å². The summed E-state index contributed by atoms with van der Waals surface area (Å²) in [6, 6.07) is 209. The second-order valence-electron chi connectivity index (χ2n) is 38.7. The van der Waals surface area contributed by atoms with Crippen molar-refractivity contribution >= 4 is 86.2 Å². The lowest BCUT2D eigenvalue weighted by molar-refractivity contribution is 0.769. The molecule has 0 N–H and O–H groups in total. The monoisotopic (exact) mass is 1810 g/mol. The Hall–Kier alpha value is -18.2. The van der Waals surface area contributed by atoms with Crippen LogP contribution in [0.3, 0.4) is 0 Å². The number of benzene rings is 26. The van der Waals surface area contributed by atoms with Gasteiger partial charge in [-0.05, 0) is 288 Å². The molecule has 0 amide bonds. The number of fused-ring (bicyclic) bond motifs is 17. The average molecular weight is 1810 g/mol. The van der Waals surface area contributed by atoms with Crippen LogP contribution in [-0.2, 0) is 16.2 Å². The van der Waals surface area contributed by atoms with Crippen LogP contribution in [0.5, 0.6) is 0 Å². The zero-order valence-corrected chi connectivity index (χ0v) is 78.6. The quantitative estimate of drug-likeness (QED) is 0.101. The molecule has 0 aliphatic heterocycles. The van der Waals surface area contributed by atoms with E-state index in [0.29, 0.717) is 0 Å². The molecule has 0 spiro atoms. The van der Waals surface area contributed by atoms with Crippen LogP contribution in [0.2, 0.25) is 0 Å². The van der Waals surface area contributed by atoms with Crippen LogP contribution >= 0.6 is 0 Å². The summed E-state index contributed by atoms with van der Waals surface area (Å²) in [7, 11) is 0. The maximum Gasteiger partial charge on any atom is 0.0713 e. The Labute approximate surface area is 832 Å². The predicted octanol–water partition coefficient (Wildman–Crippen LogP) is 37.4. The van der Waals surface area contributed by atoms with Crippen molar-refractivity contribution in [3.63, 3.8) is 0 Å². The van der Waals surface area contributed by atoms with E-state index in [1.54, 1.807) is 0 Å². The van der Waals surface area contributed by atoms with E-state index >= 15 is 0 Å².